The predicted octanol–water partition coefficient (Wildman–Crippen LogP) is 6.89. The number of carbonyl (C=O) groups is 1. The van der Waals surface area contributed by atoms with Crippen LogP contribution in [0.15, 0.2) is 66.6 Å². The SMILES string of the molecule is CC(=O)/C=C(/C)O.Cc1cc(-c2ccccn2)[c-]cc1-c1c(C)cccc1C(F)(F)F.[Pt]. The fourth-order valence-electron chi connectivity index (χ4n) is 3.09. The number of aliphatic hydroxyl groups excluding tert-OH is 1. The van der Waals surface area contributed by atoms with Gasteiger partial charge in [-0.1, -0.05) is 48.4 Å². The van der Waals surface area contributed by atoms with Crippen molar-refractivity contribution in [1.29, 1.82) is 0 Å². The van der Waals surface area contributed by atoms with Crippen LogP contribution in [-0.2, 0) is 32.0 Å². The van der Waals surface area contributed by atoms with Gasteiger partial charge in [-0.15, -0.1) is 29.3 Å². The van der Waals surface area contributed by atoms with E-state index in [1.165, 1.54) is 26.0 Å². The second kappa shape index (κ2) is 11.8. The number of rotatable bonds is 3. The molecule has 7 heteroatoms. The number of aromatic nitrogens is 1. The molecule has 32 heavy (non-hydrogen) atoms. The molecule has 2 aromatic carbocycles. The Morgan fingerprint density at radius 3 is 2.22 bits per heavy atom. The molecule has 0 atom stereocenters. The number of nitrogens with zero attached hydrogens (tertiary/aromatic N) is 1. The third kappa shape index (κ3) is 7.45. The van der Waals surface area contributed by atoms with Crippen LogP contribution in [-0.4, -0.2) is 15.9 Å². The van der Waals surface area contributed by atoms with Crippen molar-refractivity contribution in [3.63, 3.8) is 0 Å². The number of pyridine rings is 1. The molecule has 0 spiro atoms. The van der Waals surface area contributed by atoms with Crippen LogP contribution in [0.3, 0.4) is 0 Å². The van der Waals surface area contributed by atoms with Crippen LogP contribution in [0, 0.1) is 19.9 Å². The zero-order valence-electron chi connectivity index (χ0n) is 18.0. The minimum atomic E-state index is -4.40. The Balaban J connectivity index is 0.000000558. The van der Waals surface area contributed by atoms with Crippen molar-refractivity contribution in [3.8, 4) is 22.4 Å². The molecule has 1 aromatic heterocycles. The van der Waals surface area contributed by atoms with E-state index in [-0.39, 0.29) is 38.2 Å². The number of aliphatic hydroxyl groups is 1. The van der Waals surface area contributed by atoms with E-state index in [0.717, 1.165) is 22.9 Å². The van der Waals surface area contributed by atoms with Crippen LogP contribution in [0.5, 0.6) is 0 Å². The Kier molecular flexibility index (Phi) is 10.0. The summed E-state index contributed by atoms with van der Waals surface area (Å²) in [5, 5.41) is 8.36. The molecule has 0 fully saturated rings. The van der Waals surface area contributed by atoms with Crippen LogP contribution in [0.1, 0.15) is 30.5 Å². The van der Waals surface area contributed by atoms with E-state index >= 15 is 0 Å². The van der Waals surface area contributed by atoms with Gasteiger partial charge in [0.1, 0.15) is 0 Å². The zero-order chi connectivity index (χ0) is 23.2. The number of halogens is 3. The van der Waals surface area contributed by atoms with Gasteiger partial charge in [0.2, 0.25) is 0 Å². The van der Waals surface area contributed by atoms with E-state index in [1.807, 2.05) is 31.2 Å². The third-order valence-electron chi connectivity index (χ3n) is 4.36. The first-order valence-corrected chi connectivity index (χ1v) is 9.49. The van der Waals surface area contributed by atoms with Crippen LogP contribution < -0.4 is 0 Å². The van der Waals surface area contributed by atoms with Gasteiger partial charge in [0.25, 0.3) is 0 Å². The van der Waals surface area contributed by atoms with Gasteiger partial charge in [-0.3, -0.25) is 4.79 Å². The van der Waals surface area contributed by atoms with E-state index < -0.39 is 11.7 Å². The van der Waals surface area contributed by atoms with E-state index in [1.54, 1.807) is 25.3 Å². The second-order valence-corrected chi connectivity index (χ2v) is 7.05. The summed E-state index contributed by atoms with van der Waals surface area (Å²) in [7, 11) is 0. The molecular weight excluding hydrogens is 598 g/mol. The number of hydrogen-bond acceptors (Lipinski definition) is 3. The number of hydrogen-bond donors (Lipinski definition) is 1. The first kappa shape index (κ1) is 27.3. The Morgan fingerprint density at radius 2 is 1.75 bits per heavy atom. The third-order valence-corrected chi connectivity index (χ3v) is 4.36. The molecule has 3 nitrogen and oxygen atoms in total. The van der Waals surface area contributed by atoms with Gasteiger partial charge >= 0.3 is 6.18 Å². The smallest absolute Gasteiger partial charge is 0.416 e. The molecular formula is C25H23F3NO2Pt-. The maximum Gasteiger partial charge on any atom is 0.416 e. The van der Waals surface area contributed by atoms with E-state index in [4.69, 9.17) is 5.11 Å². The molecule has 0 radical (unpaired) electrons. The number of allylic oxidation sites excluding steroid dienone is 2. The normalized spacial score (nSPS) is 11.2. The molecule has 3 aromatic rings. The van der Waals surface area contributed by atoms with Gasteiger partial charge in [-0.2, -0.15) is 13.2 Å². The molecule has 1 heterocycles. The summed E-state index contributed by atoms with van der Waals surface area (Å²) in [6.07, 6.45) is -1.55. The molecule has 0 unspecified atom stereocenters. The zero-order valence-corrected chi connectivity index (χ0v) is 20.3. The Morgan fingerprint density at radius 1 is 1.06 bits per heavy atom. The standard InChI is InChI=1S/C20H15F3N.C5H8O2.Pt/c1-13-6-5-7-17(20(21,22)23)19(13)16-10-9-15(12-14(16)2)18-8-3-4-11-24-18;1-4(6)3-5(2)7;/h3-8,10-12H,1-2H3;3,6H,1-2H3;/q-1;;/b;4-3-;. The molecule has 0 aliphatic carbocycles. The van der Waals surface area contributed by atoms with Crippen molar-refractivity contribution in [2.24, 2.45) is 0 Å². The first-order valence-electron chi connectivity index (χ1n) is 9.49. The average Bonchev–Trinajstić information content (AvgIpc) is 2.67. The summed E-state index contributed by atoms with van der Waals surface area (Å²) in [6.45, 7) is 6.35. The summed E-state index contributed by atoms with van der Waals surface area (Å²) in [6, 6.07) is 16.3. The maximum absolute atomic E-state index is 13.4. The van der Waals surface area contributed by atoms with Gasteiger partial charge < -0.3 is 10.1 Å². The second-order valence-electron chi connectivity index (χ2n) is 7.05. The van der Waals surface area contributed by atoms with Crippen molar-refractivity contribution in [2.45, 2.75) is 33.9 Å². The largest absolute Gasteiger partial charge is 0.512 e. The molecule has 0 saturated carbocycles. The fourth-order valence-corrected chi connectivity index (χ4v) is 3.09. The van der Waals surface area contributed by atoms with Gasteiger partial charge in [0.15, 0.2) is 5.78 Å². The number of alkyl halides is 3. The topological polar surface area (TPSA) is 50.2 Å². The van der Waals surface area contributed by atoms with Crippen molar-refractivity contribution in [3.05, 3.63) is 89.3 Å². The molecule has 0 saturated heterocycles. The first-order chi connectivity index (χ1) is 14.5. The van der Waals surface area contributed by atoms with Gasteiger partial charge in [0, 0.05) is 33.3 Å². The summed E-state index contributed by atoms with van der Waals surface area (Å²) in [5.41, 5.74) is 2.99. The average molecular weight is 622 g/mol. The summed E-state index contributed by atoms with van der Waals surface area (Å²) >= 11 is 0. The number of ketones is 1. The predicted molar refractivity (Wildman–Crippen MR) is 115 cm³/mol. The van der Waals surface area contributed by atoms with Crippen molar-refractivity contribution in [1.82, 2.24) is 4.98 Å². The summed E-state index contributed by atoms with van der Waals surface area (Å²) in [4.78, 5) is 14.3. The molecule has 1 N–H and O–H groups in total. The van der Waals surface area contributed by atoms with Crippen molar-refractivity contribution >= 4 is 5.78 Å². The maximum atomic E-state index is 13.4. The van der Waals surface area contributed by atoms with Crippen molar-refractivity contribution in [2.75, 3.05) is 0 Å². The van der Waals surface area contributed by atoms with Crippen LogP contribution in [0.25, 0.3) is 22.4 Å². The molecule has 0 aliphatic heterocycles. The molecule has 0 bridgehead atoms. The van der Waals surface area contributed by atoms with E-state index in [2.05, 4.69) is 11.1 Å². The quantitative estimate of drug-likeness (QED) is 0.197. The Labute approximate surface area is 200 Å². The summed E-state index contributed by atoms with van der Waals surface area (Å²) in [5.74, 6) is -0.0625. The van der Waals surface area contributed by atoms with Gasteiger partial charge in [0.05, 0.1) is 11.3 Å². The molecule has 0 amide bonds. The Hall–Kier alpha value is -2.72. The van der Waals surface area contributed by atoms with Crippen LogP contribution >= 0.6 is 0 Å². The van der Waals surface area contributed by atoms with Gasteiger partial charge in [-0.25, -0.2) is 0 Å². The fraction of sp³-hybridized carbons (Fsp3) is 0.200. The molecule has 0 aliphatic rings. The molecule has 3 rings (SSSR count). The molecule has 172 valence electrons. The number of benzene rings is 2. The minimum Gasteiger partial charge on any atom is -0.512 e. The van der Waals surface area contributed by atoms with Crippen LogP contribution in [0.4, 0.5) is 13.2 Å². The van der Waals surface area contributed by atoms with E-state index in [9.17, 15) is 18.0 Å². The number of carbonyl (C=O) groups excluding carboxylic acids is 1. The van der Waals surface area contributed by atoms with Crippen molar-refractivity contribution < 1.29 is 44.1 Å². The van der Waals surface area contributed by atoms with Crippen LogP contribution in [0.2, 0.25) is 0 Å². The minimum absolute atomic E-state index is 0. The van der Waals surface area contributed by atoms with E-state index in [0.29, 0.717) is 11.1 Å². The summed E-state index contributed by atoms with van der Waals surface area (Å²) < 4.78 is 40.1. The Bertz CT molecular complexity index is 1090. The number of aryl methyl sites for hydroxylation is 2. The monoisotopic (exact) mass is 621 g/mol. The van der Waals surface area contributed by atoms with Gasteiger partial charge in [-0.05, 0) is 38.1 Å².